The number of guanidine groups is 1. The summed E-state index contributed by atoms with van der Waals surface area (Å²) in [4.78, 5) is 18.2. The summed E-state index contributed by atoms with van der Waals surface area (Å²) in [5.74, 6) is 1.11. The minimum absolute atomic E-state index is 0.243. The Hall–Kier alpha value is -0.910. The van der Waals surface area contributed by atoms with Gasteiger partial charge in [0.05, 0.1) is 6.54 Å². The van der Waals surface area contributed by atoms with Crippen molar-refractivity contribution in [2.24, 2.45) is 4.99 Å². The Labute approximate surface area is 127 Å². The predicted molar refractivity (Wildman–Crippen MR) is 87.4 cm³/mol. The Morgan fingerprint density at radius 3 is 2.85 bits per heavy atom. The van der Waals surface area contributed by atoms with Crippen molar-refractivity contribution in [1.82, 2.24) is 15.5 Å². The van der Waals surface area contributed by atoms with Gasteiger partial charge in [0.1, 0.15) is 0 Å². The number of amides is 1. The topological polar surface area (TPSA) is 56.7 Å². The van der Waals surface area contributed by atoms with E-state index in [2.05, 4.69) is 35.7 Å². The lowest BCUT2D eigenvalue weighted by Gasteiger charge is -2.19. The number of nitrogens with zero attached hydrogens (tertiary/aromatic N) is 2. The number of aliphatic imine (C=N–C) groups is 1. The van der Waals surface area contributed by atoms with Gasteiger partial charge < -0.3 is 15.5 Å². The van der Waals surface area contributed by atoms with E-state index in [-0.39, 0.29) is 5.91 Å². The molecule has 0 aromatic rings. The quantitative estimate of drug-likeness (QED) is 0.573. The van der Waals surface area contributed by atoms with Gasteiger partial charge >= 0.3 is 0 Å². The maximum Gasteiger partial charge on any atom is 0.222 e. The second-order valence-corrected chi connectivity index (χ2v) is 6.37. The highest BCUT2D eigenvalue weighted by atomic mass is 32.2. The SMILES string of the molecule is CCNC(=NCC(C)SC)NC1CCN(C(=O)CC)C1. The minimum Gasteiger partial charge on any atom is -0.357 e. The Morgan fingerprint density at radius 1 is 1.50 bits per heavy atom. The van der Waals surface area contributed by atoms with Gasteiger partial charge in [-0.25, -0.2) is 0 Å². The first-order valence-electron chi connectivity index (χ1n) is 7.46. The zero-order valence-electron chi connectivity index (χ0n) is 13.1. The molecule has 116 valence electrons. The summed E-state index contributed by atoms with van der Waals surface area (Å²) in [5.41, 5.74) is 0. The molecule has 0 aromatic heterocycles. The second kappa shape index (κ2) is 9.10. The van der Waals surface area contributed by atoms with E-state index in [0.29, 0.717) is 17.7 Å². The van der Waals surface area contributed by atoms with Crippen LogP contribution in [0.2, 0.25) is 0 Å². The molecule has 20 heavy (non-hydrogen) atoms. The first-order chi connectivity index (χ1) is 9.60. The lowest BCUT2D eigenvalue weighted by molar-refractivity contribution is -0.129. The number of carbonyl (C=O) groups is 1. The molecule has 0 aromatic carbocycles. The van der Waals surface area contributed by atoms with E-state index in [4.69, 9.17) is 0 Å². The van der Waals surface area contributed by atoms with Gasteiger partial charge in [0, 0.05) is 37.3 Å². The number of thioether (sulfide) groups is 1. The molecule has 6 heteroatoms. The smallest absolute Gasteiger partial charge is 0.222 e. The lowest BCUT2D eigenvalue weighted by atomic mass is 10.3. The van der Waals surface area contributed by atoms with E-state index in [1.165, 1.54) is 0 Å². The molecule has 1 aliphatic heterocycles. The number of hydrogen-bond acceptors (Lipinski definition) is 3. The maximum absolute atomic E-state index is 11.7. The molecule has 1 heterocycles. The number of rotatable bonds is 6. The Kier molecular flexibility index (Phi) is 7.80. The molecule has 1 amide bonds. The highest BCUT2D eigenvalue weighted by Gasteiger charge is 2.25. The lowest BCUT2D eigenvalue weighted by Crippen LogP contribution is -2.45. The summed E-state index contributed by atoms with van der Waals surface area (Å²) in [6.45, 7) is 9.45. The summed E-state index contributed by atoms with van der Waals surface area (Å²) >= 11 is 1.82. The van der Waals surface area contributed by atoms with Gasteiger partial charge in [-0.2, -0.15) is 11.8 Å². The zero-order chi connectivity index (χ0) is 15.0. The molecule has 5 nitrogen and oxygen atoms in total. The third-order valence-electron chi connectivity index (χ3n) is 3.44. The Morgan fingerprint density at radius 2 is 2.25 bits per heavy atom. The van der Waals surface area contributed by atoms with Gasteiger partial charge in [-0.1, -0.05) is 13.8 Å². The second-order valence-electron chi connectivity index (χ2n) is 5.09. The van der Waals surface area contributed by atoms with E-state index in [1.807, 2.05) is 23.6 Å². The summed E-state index contributed by atoms with van der Waals surface area (Å²) in [5, 5.41) is 7.23. The van der Waals surface area contributed by atoms with Gasteiger partial charge in [-0.15, -0.1) is 0 Å². The van der Waals surface area contributed by atoms with Crippen LogP contribution in [-0.2, 0) is 4.79 Å². The van der Waals surface area contributed by atoms with Crippen LogP contribution in [0.25, 0.3) is 0 Å². The van der Waals surface area contributed by atoms with Crippen molar-refractivity contribution in [2.75, 3.05) is 32.4 Å². The van der Waals surface area contributed by atoms with Crippen LogP contribution in [-0.4, -0.2) is 60.5 Å². The summed E-state index contributed by atoms with van der Waals surface area (Å²) in [7, 11) is 0. The van der Waals surface area contributed by atoms with Crippen LogP contribution in [0.4, 0.5) is 0 Å². The molecule has 2 unspecified atom stereocenters. The first-order valence-corrected chi connectivity index (χ1v) is 8.74. The fourth-order valence-corrected chi connectivity index (χ4v) is 2.36. The van der Waals surface area contributed by atoms with Crippen LogP contribution < -0.4 is 10.6 Å². The molecular weight excluding hydrogens is 272 g/mol. The number of likely N-dealkylation sites (tertiary alicyclic amines) is 1. The molecular formula is C14H28N4OS. The van der Waals surface area contributed by atoms with Crippen LogP contribution in [0.15, 0.2) is 4.99 Å². The van der Waals surface area contributed by atoms with Gasteiger partial charge in [0.25, 0.3) is 0 Å². The predicted octanol–water partition coefficient (Wildman–Crippen LogP) is 1.30. The molecule has 0 bridgehead atoms. The highest BCUT2D eigenvalue weighted by Crippen LogP contribution is 2.10. The van der Waals surface area contributed by atoms with Crippen molar-refractivity contribution in [3.05, 3.63) is 0 Å². The number of carbonyl (C=O) groups excluding carboxylic acids is 1. The fourth-order valence-electron chi connectivity index (χ4n) is 2.14. The van der Waals surface area contributed by atoms with Gasteiger partial charge in [0.15, 0.2) is 5.96 Å². The summed E-state index contributed by atoms with van der Waals surface area (Å²) in [6, 6.07) is 0.313. The molecule has 2 atom stereocenters. The fraction of sp³-hybridized carbons (Fsp3) is 0.857. The molecule has 1 aliphatic rings. The van der Waals surface area contributed by atoms with Gasteiger partial charge in [-0.05, 0) is 19.6 Å². The van der Waals surface area contributed by atoms with Crippen molar-refractivity contribution in [2.45, 2.75) is 44.9 Å². The van der Waals surface area contributed by atoms with Crippen molar-refractivity contribution in [1.29, 1.82) is 0 Å². The maximum atomic E-state index is 11.7. The van der Waals surface area contributed by atoms with Crippen molar-refractivity contribution in [3.8, 4) is 0 Å². The van der Waals surface area contributed by atoms with Crippen LogP contribution in [0.5, 0.6) is 0 Å². The van der Waals surface area contributed by atoms with E-state index in [1.54, 1.807) is 0 Å². The van der Waals surface area contributed by atoms with Crippen molar-refractivity contribution in [3.63, 3.8) is 0 Å². The van der Waals surface area contributed by atoms with Crippen LogP contribution in [0.3, 0.4) is 0 Å². The van der Waals surface area contributed by atoms with Crippen LogP contribution in [0.1, 0.15) is 33.6 Å². The van der Waals surface area contributed by atoms with Gasteiger partial charge in [0.2, 0.25) is 5.91 Å². The average Bonchev–Trinajstić information content (AvgIpc) is 2.92. The monoisotopic (exact) mass is 300 g/mol. The van der Waals surface area contributed by atoms with E-state index in [9.17, 15) is 4.79 Å². The number of nitrogens with one attached hydrogen (secondary N) is 2. The Balaban J connectivity index is 2.48. The van der Waals surface area contributed by atoms with E-state index in [0.717, 1.165) is 38.6 Å². The summed E-state index contributed by atoms with van der Waals surface area (Å²) in [6.07, 6.45) is 3.69. The average molecular weight is 300 g/mol. The molecule has 0 spiro atoms. The molecule has 1 saturated heterocycles. The molecule has 1 fully saturated rings. The molecule has 2 N–H and O–H groups in total. The summed E-state index contributed by atoms with van der Waals surface area (Å²) < 4.78 is 0. The molecule has 1 rings (SSSR count). The first kappa shape index (κ1) is 17.1. The standard InChI is InChI=1S/C14H28N4OS/c1-5-13(19)18-8-7-12(10-18)17-14(15-6-2)16-9-11(3)20-4/h11-12H,5-10H2,1-4H3,(H2,15,16,17). The Bertz CT molecular complexity index is 335. The van der Waals surface area contributed by atoms with Crippen LogP contribution >= 0.6 is 11.8 Å². The van der Waals surface area contributed by atoms with Crippen molar-refractivity contribution >= 4 is 23.6 Å². The number of hydrogen-bond donors (Lipinski definition) is 2. The normalized spacial score (nSPS) is 20.9. The van der Waals surface area contributed by atoms with Crippen molar-refractivity contribution < 1.29 is 4.79 Å². The molecule has 0 saturated carbocycles. The third-order valence-corrected chi connectivity index (χ3v) is 4.39. The minimum atomic E-state index is 0.243. The van der Waals surface area contributed by atoms with Crippen LogP contribution in [0, 0.1) is 0 Å². The highest BCUT2D eigenvalue weighted by molar-refractivity contribution is 7.99. The zero-order valence-corrected chi connectivity index (χ0v) is 13.9. The van der Waals surface area contributed by atoms with E-state index < -0.39 is 0 Å². The van der Waals surface area contributed by atoms with Gasteiger partial charge in [-0.3, -0.25) is 9.79 Å². The molecule has 0 radical (unpaired) electrons. The van der Waals surface area contributed by atoms with E-state index >= 15 is 0 Å². The molecule has 0 aliphatic carbocycles. The third kappa shape index (κ3) is 5.61. The largest absolute Gasteiger partial charge is 0.357 e.